The van der Waals surface area contributed by atoms with Crippen molar-refractivity contribution >= 4 is 17.8 Å². The monoisotopic (exact) mass is 321 g/mol. The van der Waals surface area contributed by atoms with Gasteiger partial charge in [0.05, 0.1) is 6.17 Å². The van der Waals surface area contributed by atoms with Crippen molar-refractivity contribution in [2.45, 2.75) is 57.7 Å². The SMILES string of the molecule is CCC(F)CCCC([O-])=N[C@@H](CCC(=O)[O-])C(=O)O.[Na+].[Na+]. The summed E-state index contributed by atoms with van der Waals surface area (Å²) in [6, 6.07) is -1.38. The Morgan fingerprint density at radius 3 is 2.19 bits per heavy atom. The smallest absolute Gasteiger partial charge is 0.862 e. The Hall–Kier alpha value is 0.340. The minimum atomic E-state index is -1.39. The number of carboxylic acid groups (broad SMARTS) is 2. The van der Waals surface area contributed by atoms with E-state index in [1.807, 2.05) is 0 Å². The zero-order valence-corrected chi connectivity index (χ0v) is 16.8. The molecule has 0 saturated carbocycles. The molecule has 1 N–H and O–H groups in total. The van der Waals surface area contributed by atoms with Gasteiger partial charge in [-0.3, -0.25) is 4.99 Å². The second kappa shape index (κ2) is 15.2. The van der Waals surface area contributed by atoms with Gasteiger partial charge in [-0.05, 0) is 44.4 Å². The number of carbonyl (C=O) groups is 2. The van der Waals surface area contributed by atoms with Crippen LogP contribution in [0.5, 0.6) is 0 Å². The fourth-order valence-electron chi connectivity index (χ4n) is 1.42. The predicted molar refractivity (Wildman–Crippen MR) is 62.1 cm³/mol. The first-order chi connectivity index (χ1) is 8.86. The Morgan fingerprint density at radius 2 is 1.76 bits per heavy atom. The number of rotatable bonds is 10. The molecule has 0 aliphatic heterocycles. The summed E-state index contributed by atoms with van der Waals surface area (Å²) in [5.74, 6) is -3.39. The summed E-state index contributed by atoms with van der Waals surface area (Å²) in [4.78, 5) is 24.4. The number of nitrogens with zero attached hydrogens (tertiary/aromatic N) is 1. The molecule has 0 aromatic carbocycles. The van der Waals surface area contributed by atoms with Crippen molar-refractivity contribution in [1.29, 1.82) is 0 Å². The number of hydrogen-bond acceptors (Lipinski definition) is 5. The summed E-state index contributed by atoms with van der Waals surface area (Å²) in [7, 11) is 0. The fourth-order valence-corrected chi connectivity index (χ4v) is 1.42. The van der Waals surface area contributed by atoms with E-state index >= 15 is 0 Å². The number of hydrogen-bond donors (Lipinski definition) is 1. The van der Waals surface area contributed by atoms with Crippen LogP contribution in [0.4, 0.5) is 4.39 Å². The Labute approximate surface area is 167 Å². The van der Waals surface area contributed by atoms with Gasteiger partial charge in [0, 0.05) is 5.97 Å². The predicted octanol–water partition coefficient (Wildman–Crippen LogP) is -6.35. The third-order valence-electron chi connectivity index (χ3n) is 2.56. The van der Waals surface area contributed by atoms with Crippen molar-refractivity contribution in [2.24, 2.45) is 4.99 Å². The minimum absolute atomic E-state index is 0. The van der Waals surface area contributed by atoms with Gasteiger partial charge in [0.25, 0.3) is 0 Å². The van der Waals surface area contributed by atoms with Crippen molar-refractivity contribution in [3.63, 3.8) is 0 Å². The van der Waals surface area contributed by atoms with Crippen LogP contribution in [0.1, 0.15) is 45.4 Å². The molecule has 0 radical (unpaired) electrons. The standard InChI is InChI=1S/C12H20FNO5.2Na/c1-2-8(13)4-3-5-10(15)14-9(12(18)19)6-7-11(16)17;;/h8-9H,2-7H2,1H3,(H,14,15)(H,16,17)(H,18,19);;/q;2*+1/p-2/t8?,9-;;/m0../s1. The molecule has 0 aromatic heterocycles. The molecule has 9 heteroatoms. The Kier molecular flexibility index (Phi) is 19.1. The van der Waals surface area contributed by atoms with Crippen molar-refractivity contribution in [3.05, 3.63) is 0 Å². The second-order valence-corrected chi connectivity index (χ2v) is 4.19. The maximum atomic E-state index is 12.9. The molecule has 0 fully saturated rings. The van der Waals surface area contributed by atoms with Gasteiger partial charge in [-0.25, -0.2) is 9.18 Å². The van der Waals surface area contributed by atoms with Crippen LogP contribution in [0, 0.1) is 0 Å². The Balaban J connectivity index is -0.00000162. The Morgan fingerprint density at radius 1 is 1.19 bits per heavy atom. The normalized spacial score (nSPS) is 13.5. The maximum Gasteiger partial charge on any atom is 1.00 e. The third kappa shape index (κ3) is 15.0. The summed E-state index contributed by atoms with van der Waals surface area (Å²) in [6.07, 6.45) is -0.871. The summed E-state index contributed by atoms with van der Waals surface area (Å²) in [6.45, 7) is 1.69. The molecule has 0 bridgehead atoms. The van der Waals surface area contributed by atoms with E-state index in [0.717, 1.165) is 0 Å². The van der Waals surface area contributed by atoms with Crippen molar-refractivity contribution in [3.8, 4) is 0 Å². The first-order valence-electron chi connectivity index (χ1n) is 6.17. The largest absolute Gasteiger partial charge is 1.00 e. The average Bonchev–Trinajstić information content (AvgIpc) is 2.33. The molecule has 0 saturated heterocycles. The van der Waals surface area contributed by atoms with E-state index in [1.165, 1.54) is 0 Å². The topological polar surface area (TPSA) is 113 Å². The Bertz CT molecular complexity index is 342. The van der Waals surface area contributed by atoms with Crippen molar-refractivity contribution in [1.82, 2.24) is 0 Å². The van der Waals surface area contributed by atoms with Gasteiger partial charge in [0.1, 0.15) is 6.04 Å². The van der Waals surface area contributed by atoms with Gasteiger partial charge in [0.15, 0.2) is 0 Å². The molecule has 6 nitrogen and oxygen atoms in total. The van der Waals surface area contributed by atoms with E-state index in [-0.39, 0.29) is 78.4 Å². The van der Waals surface area contributed by atoms with Gasteiger partial charge < -0.3 is 20.1 Å². The molecule has 0 rings (SSSR count). The van der Waals surface area contributed by atoms with Crippen LogP contribution in [-0.2, 0) is 9.59 Å². The van der Waals surface area contributed by atoms with E-state index in [4.69, 9.17) is 5.11 Å². The number of aliphatic imine (C=N–C) groups is 1. The van der Waals surface area contributed by atoms with Crippen molar-refractivity contribution in [2.75, 3.05) is 0 Å². The quantitative estimate of drug-likeness (QED) is 0.244. The zero-order chi connectivity index (χ0) is 14.8. The van der Waals surface area contributed by atoms with Crippen molar-refractivity contribution < 1.29 is 88.4 Å². The van der Waals surface area contributed by atoms with Crippen LogP contribution in [0.25, 0.3) is 0 Å². The summed E-state index contributed by atoms with van der Waals surface area (Å²) in [5, 5.41) is 30.3. The maximum absolute atomic E-state index is 12.9. The number of carboxylic acids is 2. The molecule has 0 amide bonds. The van der Waals surface area contributed by atoms with Crippen LogP contribution in [0.3, 0.4) is 0 Å². The van der Waals surface area contributed by atoms with E-state index in [0.29, 0.717) is 12.8 Å². The van der Waals surface area contributed by atoms with Gasteiger partial charge >= 0.3 is 65.1 Å². The molecule has 0 aliphatic rings. The van der Waals surface area contributed by atoms with E-state index < -0.39 is 36.5 Å². The van der Waals surface area contributed by atoms with Gasteiger partial charge in [-0.1, -0.05) is 6.92 Å². The van der Waals surface area contributed by atoms with Crippen LogP contribution >= 0.6 is 0 Å². The van der Waals surface area contributed by atoms with E-state index in [1.54, 1.807) is 6.92 Å². The number of alkyl halides is 1. The van der Waals surface area contributed by atoms with Crippen LogP contribution in [-0.4, -0.2) is 35.2 Å². The first kappa shape index (κ1) is 26.2. The molecule has 2 atom stereocenters. The van der Waals surface area contributed by atoms with E-state index in [9.17, 15) is 24.2 Å². The van der Waals surface area contributed by atoms with Gasteiger partial charge in [0.2, 0.25) is 0 Å². The van der Waals surface area contributed by atoms with Crippen LogP contribution < -0.4 is 69.3 Å². The fraction of sp³-hybridized carbons (Fsp3) is 0.750. The number of carbonyl (C=O) groups excluding carboxylic acids is 1. The second-order valence-electron chi connectivity index (χ2n) is 4.19. The molecule has 0 heterocycles. The molecular formula is C12H18FNNa2O5. The van der Waals surface area contributed by atoms with Crippen LogP contribution in [0.2, 0.25) is 0 Å². The van der Waals surface area contributed by atoms with E-state index in [2.05, 4.69) is 4.99 Å². The van der Waals surface area contributed by atoms with Crippen LogP contribution in [0.15, 0.2) is 4.99 Å². The average molecular weight is 321 g/mol. The molecule has 0 aliphatic carbocycles. The number of aliphatic carboxylic acids is 2. The van der Waals surface area contributed by atoms with Gasteiger partial charge in [-0.2, -0.15) is 0 Å². The molecule has 110 valence electrons. The minimum Gasteiger partial charge on any atom is -0.862 e. The molecule has 21 heavy (non-hydrogen) atoms. The zero-order valence-electron chi connectivity index (χ0n) is 12.8. The molecule has 0 aromatic rings. The first-order valence-corrected chi connectivity index (χ1v) is 6.17. The molecule has 0 spiro atoms. The third-order valence-corrected chi connectivity index (χ3v) is 2.56. The number of halogens is 1. The summed E-state index contributed by atoms with van der Waals surface area (Å²) >= 11 is 0. The summed E-state index contributed by atoms with van der Waals surface area (Å²) in [5.41, 5.74) is 0. The summed E-state index contributed by atoms with van der Waals surface area (Å²) < 4.78 is 12.9. The molecular weight excluding hydrogens is 303 g/mol. The van der Waals surface area contributed by atoms with Gasteiger partial charge in [-0.15, -0.1) is 0 Å². The molecule has 1 unspecified atom stereocenters.